The Morgan fingerprint density at radius 3 is 1.48 bits per heavy atom. The molecule has 0 radical (unpaired) electrons. The van der Waals surface area contributed by atoms with E-state index < -0.39 is 42.1 Å². The summed E-state index contributed by atoms with van der Waals surface area (Å²) in [4.78, 5) is 0. The van der Waals surface area contributed by atoms with Crippen LogP contribution in [0.25, 0.3) is 0 Å². The minimum Gasteiger partial charge on any atom is -0.276 e. The summed E-state index contributed by atoms with van der Waals surface area (Å²) in [6.07, 6.45) is -19.3. The SMILES string of the molecule is FC1OC(F)(F)C(F)(C(F)(F)C(F)(F)F)C(F)(F)C1(F)F. The highest BCUT2D eigenvalue weighted by atomic mass is 19.4. The molecule has 0 aromatic carbocycles. The summed E-state index contributed by atoms with van der Waals surface area (Å²) in [5, 5.41) is 0. The molecule has 126 valence electrons. The van der Waals surface area contributed by atoms with Crippen LogP contribution in [0, 0.1) is 0 Å². The smallest absolute Gasteiger partial charge is 0.276 e. The first-order valence-electron chi connectivity index (χ1n) is 4.46. The van der Waals surface area contributed by atoms with E-state index in [1.54, 1.807) is 0 Å². The third-order valence-corrected chi connectivity index (χ3v) is 2.58. The summed E-state index contributed by atoms with van der Waals surface area (Å²) >= 11 is 0. The second-order valence-corrected chi connectivity index (χ2v) is 3.88. The van der Waals surface area contributed by atoms with Crippen molar-refractivity contribution in [1.82, 2.24) is 0 Å². The van der Waals surface area contributed by atoms with E-state index in [1.165, 1.54) is 0 Å². The zero-order chi connectivity index (χ0) is 17.3. The summed E-state index contributed by atoms with van der Waals surface area (Å²) in [5.41, 5.74) is -7.57. The second-order valence-electron chi connectivity index (χ2n) is 3.88. The zero-order valence-corrected chi connectivity index (χ0v) is 8.90. The number of ether oxygens (including phenoxy) is 1. The lowest BCUT2D eigenvalue weighted by atomic mass is 9.82. The molecule has 1 heterocycles. The van der Waals surface area contributed by atoms with E-state index in [4.69, 9.17) is 0 Å². The number of rotatable bonds is 1. The van der Waals surface area contributed by atoms with Crippen LogP contribution in [0.5, 0.6) is 0 Å². The van der Waals surface area contributed by atoms with Crippen LogP contribution in [0.4, 0.5) is 57.1 Å². The van der Waals surface area contributed by atoms with Gasteiger partial charge >= 0.3 is 35.7 Å². The lowest BCUT2D eigenvalue weighted by Gasteiger charge is -2.49. The fraction of sp³-hybridized carbons (Fsp3) is 1.00. The van der Waals surface area contributed by atoms with Crippen LogP contribution < -0.4 is 0 Å². The molecule has 1 saturated heterocycles. The van der Waals surface area contributed by atoms with Gasteiger partial charge in [0, 0.05) is 0 Å². The van der Waals surface area contributed by atoms with Crippen LogP contribution >= 0.6 is 0 Å². The highest BCUT2D eigenvalue weighted by Gasteiger charge is 2.97. The fourth-order valence-electron chi connectivity index (χ4n) is 1.42. The Hall–Kier alpha value is -0.950. The van der Waals surface area contributed by atoms with Crippen molar-refractivity contribution in [3.63, 3.8) is 0 Å². The van der Waals surface area contributed by atoms with Gasteiger partial charge in [-0.15, -0.1) is 0 Å². The summed E-state index contributed by atoms with van der Waals surface area (Å²) in [5.74, 6) is -21.8. The van der Waals surface area contributed by atoms with E-state index in [0.29, 0.717) is 0 Å². The van der Waals surface area contributed by atoms with E-state index in [2.05, 4.69) is 0 Å². The van der Waals surface area contributed by atoms with E-state index in [0.717, 1.165) is 0 Å². The molecule has 21 heavy (non-hydrogen) atoms. The average molecular weight is 348 g/mol. The highest BCUT2D eigenvalue weighted by Crippen LogP contribution is 2.66. The number of alkyl halides is 13. The molecule has 0 amide bonds. The van der Waals surface area contributed by atoms with Gasteiger partial charge in [-0.2, -0.15) is 48.3 Å². The van der Waals surface area contributed by atoms with Gasteiger partial charge in [-0.05, 0) is 0 Å². The van der Waals surface area contributed by atoms with Gasteiger partial charge < -0.3 is 0 Å². The first-order chi connectivity index (χ1) is 8.88. The molecule has 1 rings (SSSR count). The van der Waals surface area contributed by atoms with Crippen LogP contribution in [0.1, 0.15) is 0 Å². The van der Waals surface area contributed by atoms with E-state index in [9.17, 15) is 57.1 Å². The lowest BCUT2D eigenvalue weighted by molar-refractivity contribution is -0.523. The van der Waals surface area contributed by atoms with Crippen LogP contribution in [0.2, 0.25) is 0 Å². The summed E-state index contributed by atoms with van der Waals surface area (Å²) < 4.78 is 165. The lowest BCUT2D eigenvalue weighted by Crippen LogP contribution is -2.81. The van der Waals surface area contributed by atoms with Gasteiger partial charge in [0.25, 0.3) is 6.36 Å². The third-order valence-electron chi connectivity index (χ3n) is 2.58. The van der Waals surface area contributed by atoms with Gasteiger partial charge in [-0.1, -0.05) is 0 Å². The van der Waals surface area contributed by atoms with Gasteiger partial charge in [0.1, 0.15) is 0 Å². The predicted octanol–water partition coefficient (Wildman–Crippen LogP) is 4.08. The summed E-state index contributed by atoms with van der Waals surface area (Å²) in [6.45, 7) is 0. The Balaban J connectivity index is 3.70. The second kappa shape index (κ2) is 4.07. The molecule has 1 nitrogen and oxygen atoms in total. The van der Waals surface area contributed by atoms with Crippen molar-refractivity contribution < 1.29 is 61.8 Å². The van der Waals surface area contributed by atoms with Crippen LogP contribution in [-0.2, 0) is 4.74 Å². The molecule has 2 atom stereocenters. The van der Waals surface area contributed by atoms with Crippen molar-refractivity contribution in [1.29, 1.82) is 0 Å². The molecule has 0 aliphatic carbocycles. The Kier molecular flexibility index (Phi) is 3.51. The van der Waals surface area contributed by atoms with Gasteiger partial charge in [0.2, 0.25) is 0 Å². The third kappa shape index (κ3) is 1.83. The molecule has 0 N–H and O–H groups in total. The van der Waals surface area contributed by atoms with E-state index in [-0.39, 0.29) is 0 Å². The Morgan fingerprint density at radius 2 is 1.14 bits per heavy atom. The largest absolute Gasteiger partial charge is 0.457 e. The van der Waals surface area contributed by atoms with Crippen molar-refractivity contribution in [2.24, 2.45) is 0 Å². The topological polar surface area (TPSA) is 9.23 Å². The summed E-state index contributed by atoms with van der Waals surface area (Å²) in [6, 6.07) is 0. The monoisotopic (exact) mass is 348 g/mol. The molecule has 0 spiro atoms. The first-order valence-corrected chi connectivity index (χ1v) is 4.46. The Labute approximate surface area is 105 Å². The minimum atomic E-state index is -7.68. The van der Waals surface area contributed by atoms with Gasteiger partial charge in [0.05, 0.1) is 0 Å². The molecule has 0 aromatic heterocycles. The molecular formula is C7HF13O. The number of halogens is 13. The van der Waals surface area contributed by atoms with Crippen molar-refractivity contribution in [3.8, 4) is 0 Å². The molecule has 14 heteroatoms. The summed E-state index contributed by atoms with van der Waals surface area (Å²) in [7, 11) is 0. The maximum absolute atomic E-state index is 13.3. The molecule has 1 aliphatic rings. The van der Waals surface area contributed by atoms with Crippen molar-refractivity contribution in [2.45, 2.75) is 42.1 Å². The van der Waals surface area contributed by atoms with Crippen LogP contribution in [0.3, 0.4) is 0 Å². The Morgan fingerprint density at radius 1 is 0.762 bits per heavy atom. The molecule has 1 fully saturated rings. The van der Waals surface area contributed by atoms with E-state index in [1.807, 2.05) is 4.74 Å². The van der Waals surface area contributed by atoms with Crippen LogP contribution in [-0.4, -0.2) is 42.1 Å². The van der Waals surface area contributed by atoms with Gasteiger partial charge in [-0.25, -0.2) is 8.78 Å². The van der Waals surface area contributed by atoms with Crippen molar-refractivity contribution in [2.75, 3.05) is 0 Å². The molecule has 0 bridgehead atoms. The highest BCUT2D eigenvalue weighted by molar-refractivity contribution is 5.19. The van der Waals surface area contributed by atoms with E-state index >= 15 is 0 Å². The number of hydrogen-bond acceptors (Lipinski definition) is 1. The normalized spacial score (nSPS) is 35.6. The predicted molar refractivity (Wildman–Crippen MR) is 35.7 cm³/mol. The Bertz CT molecular complexity index is 425. The minimum absolute atomic E-state index is 2.04. The van der Waals surface area contributed by atoms with Crippen molar-refractivity contribution >= 4 is 0 Å². The van der Waals surface area contributed by atoms with Crippen LogP contribution in [0.15, 0.2) is 0 Å². The number of hydrogen-bond donors (Lipinski definition) is 0. The zero-order valence-electron chi connectivity index (χ0n) is 8.90. The molecule has 0 aromatic rings. The average Bonchev–Trinajstić information content (AvgIpc) is 2.23. The van der Waals surface area contributed by atoms with Crippen molar-refractivity contribution in [3.05, 3.63) is 0 Å². The standard InChI is InChI=1S/C7HF13O/c8-1-2(9,10)4(12,13)3(11,7(19,20)21-1)5(14,15)6(16,17)18/h1H. The fourth-order valence-corrected chi connectivity index (χ4v) is 1.42. The molecule has 1 aliphatic heterocycles. The maximum atomic E-state index is 13.3. The molecule has 2 unspecified atom stereocenters. The first kappa shape index (κ1) is 18.1. The quantitative estimate of drug-likeness (QED) is 0.649. The molecule has 0 saturated carbocycles. The van der Waals surface area contributed by atoms with Gasteiger partial charge in [0.15, 0.2) is 0 Å². The van der Waals surface area contributed by atoms with Gasteiger partial charge in [-0.3, -0.25) is 4.74 Å². The maximum Gasteiger partial charge on any atom is 0.457 e. The molecular weight excluding hydrogens is 347 g/mol.